The Labute approximate surface area is 105 Å². The minimum Gasteiger partial charge on any atom is -0.346 e. The second-order valence-corrected chi connectivity index (χ2v) is 5.03. The molecule has 4 heterocycles. The summed E-state index contributed by atoms with van der Waals surface area (Å²) in [7, 11) is 0. The SMILES string of the molecule is c1cc2c(ncc3ccn(C4CCCNC4)c32)[nH]1. The van der Waals surface area contributed by atoms with Crippen LogP contribution in [0.25, 0.3) is 21.9 Å². The largest absolute Gasteiger partial charge is 0.346 e. The highest BCUT2D eigenvalue weighted by Gasteiger charge is 2.17. The smallest absolute Gasteiger partial charge is 0.139 e. The lowest BCUT2D eigenvalue weighted by atomic mass is 10.1. The zero-order chi connectivity index (χ0) is 11.9. The van der Waals surface area contributed by atoms with Gasteiger partial charge in [0.2, 0.25) is 0 Å². The highest BCUT2D eigenvalue weighted by Crippen LogP contribution is 2.28. The van der Waals surface area contributed by atoms with E-state index < -0.39 is 0 Å². The Bertz CT molecular complexity index is 688. The molecule has 0 spiro atoms. The third kappa shape index (κ3) is 1.39. The number of rotatable bonds is 1. The molecule has 3 aromatic rings. The molecular weight excluding hydrogens is 224 g/mol. The van der Waals surface area contributed by atoms with Crippen LogP contribution in [0.5, 0.6) is 0 Å². The lowest BCUT2D eigenvalue weighted by Crippen LogP contribution is -2.31. The number of hydrogen-bond donors (Lipinski definition) is 2. The number of fused-ring (bicyclic) bond motifs is 3. The summed E-state index contributed by atoms with van der Waals surface area (Å²) in [6.07, 6.45) is 8.64. The van der Waals surface area contributed by atoms with Gasteiger partial charge in [-0.2, -0.15) is 0 Å². The molecule has 1 unspecified atom stereocenters. The molecule has 4 rings (SSSR count). The molecule has 0 aromatic carbocycles. The summed E-state index contributed by atoms with van der Waals surface area (Å²) in [5.74, 6) is 0. The van der Waals surface area contributed by atoms with Crippen molar-refractivity contribution in [2.75, 3.05) is 13.1 Å². The van der Waals surface area contributed by atoms with E-state index in [1.54, 1.807) is 0 Å². The lowest BCUT2D eigenvalue weighted by molar-refractivity contribution is 0.379. The molecule has 18 heavy (non-hydrogen) atoms. The zero-order valence-electron chi connectivity index (χ0n) is 10.2. The van der Waals surface area contributed by atoms with Crippen LogP contribution in [-0.2, 0) is 0 Å². The van der Waals surface area contributed by atoms with Gasteiger partial charge in [0, 0.05) is 41.9 Å². The predicted octanol–water partition coefficient (Wildman–Crippen LogP) is 2.44. The van der Waals surface area contributed by atoms with Crippen LogP contribution in [0.1, 0.15) is 18.9 Å². The molecule has 0 aliphatic carbocycles. The van der Waals surface area contributed by atoms with Gasteiger partial charge in [0.25, 0.3) is 0 Å². The highest BCUT2D eigenvalue weighted by atomic mass is 15.1. The quantitative estimate of drug-likeness (QED) is 0.686. The van der Waals surface area contributed by atoms with Crippen LogP contribution in [0.15, 0.2) is 30.7 Å². The number of aromatic amines is 1. The average molecular weight is 240 g/mol. The molecule has 1 fully saturated rings. The van der Waals surface area contributed by atoms with Gasteiger partial charge in [-0.25, -0.2) is 4.98 Å². The Kier molecular flexibility index (Phi) is 2.17. The van der Waals surface area contributed by atoms with E-state index in [9.17, 15) is 0 Å². The van der Waals surface area contributed by atoms with Crippen LogP contribution in [0.4, 0.5) is 0 Å². The third-order valence-electron chi connectivity index (χ3n) is 3.92. The minimum atomic E-state index is 0.566. The van der Waals surface area contributed by atoms with Crippen molar-refractivity contribution in [3.05, 3.63) is 30.7 Å². The van der Waals surface area contributed by atoms with Crippen LogP contribution in [0.3, 0.4) is 0 Å². The highest BCUT2D eigenvalue weighted by molar-refractivity contribution is 6.02. The van der Waals surface area contributed by atoms with E-state index in [-0.39, 0.29) is 0 Å². The second-order valence-electron chi connectivity index (χ2n) is 5.03. The molecule has 4 nitrogen and oxygen atoms in total. The van der Waals surface area contributed by atoms with E-state index in [1.807, 2.05) is 12.4 Å². The van der Waals surface area contributed by atoms with E-state index in [0.717, 1.165) is 18.7 Å². The first kappa shape index (κ1) is 10.1. The molecule has 0 bridgehead atoms. The molecule has 4 heteroatoms. The fraction of sp³-hybridized carbons (Fsp3) is 0.357. The third-order valence-corrected chi connectivity index (χ3v) is 3.92. The maximum atomic E-state index is 4.44. The van der Waals surface area contributed by atoms with Crippen LogP contribution in [0.2, 0.25) is 0 Å². The predicted molar refractivity (Wildman–Crippen MR) is 72.7 cm³/mol. The van der Waals surface area contributed by atoms with Crippen molar-refractivity contribution < 1.29 is 0 Å². The van der Waals surface area contributed by atoms with Crippen LogP contribution in [0, 0.1) is 0 Å². The molecule has 3 aromatic heterocycles. The van der Waals surface area contributed by atoms with Gasteiger partial charge in [0.05, 0.1) is 5.52 Å². The van der Waals surface area contributed by atoms with Gasteiger partial charge in [-0.05, 0) is 31.5 Å². The first-order valence-electron chi connectivity index (χ1n) is 6.57. The monoisotopic (exact) mass is 240 g/mol. The van der Waals surface area contributed by atoms with Crippen molar-refractivity contribution in [3.8, 4) is 0 Å². The van der Waals surface area contributed by atoms with Crippen molar-refractivity contribution in [1.29, 1.82) is 0 Å². The van der Waals surface area contributed by atoms with Gasteiger partial charge < -0.3 is 14.9 Å². The normalized spacial score (nSPS) is 20.8. The molecule has 2 N–H and O–H groups in total. The van der Waals surface area contributed by atoms with E-state index in [2.05, 4.69) is 38.2 Å². The molecule has 0 amide bonds. The summed E-state index contributed by atoms with van der Waals surface area (Å²) in [4.78, 5) is 7.63. The summed E-state index contributed by atoms with van der Waals surface area (Å²) in [6.45, 7) is 2.22. The summed E-state index contributed by atoms with van der Waals surface area (Å²) in [6, 6.07) is 4.86. The summed E-state index contributed by atoms with van der Waals surface area (Å²) in [5.41, 5.74) is 2.29. The van der Waals surface area contributed by atoms with E-state index >= 15 is 0 Å². The van der Waals surface area contributed by atoms with Crippen LogP contribution >= 0.6 is 0 Å². The molecular formula is C14H16N4. The molecule has 92 valence electrons. The number of H-pyrrole nitrogens is 1. The molecule has 1 aliphatic heterocycles. The van der Waals surface area contributed by atoms with Crippen LogP contribution < -0.4 is 5.32 Å². The van der Waals surface area contributed by atoms with Crippen molar-refractivity contribution in [2.45, 2.75) is 18.9 Å². The number of nitrogens with zero attached hydrogens (tertiary/aromatic N) is 2. The van der Waals surface area contributed by atoms with Gasteiger partial charge >= 0.3 is 0 Å². The maximum Gasteiger partial charge on any atom is 0.139 e. The molecule has 1 atom stereocenters. The maximum absolute atomic E-state index is 4.44. The summed E-state index contributed by atoms with van der Waals surface area (Å²) < 4.78 is 2.42. The van der Waals surface area contributed by atoms with Gasteiger partial charge in [-0.15, -0.1) is 0 Å². The number of aromatic nitrogens is 3. The molecule has 1 aliphatic rings. The fourth-order valence-corrected chi connectivity index (χ4v) is 3.03. The Balaban J connectivity index is 1.96. The van der Waals surface area contributed by atoms with E-state index in [1.165, 1.54) is 29.1 Å². The minimum absolute atomic E-state index is 0.566. The molecule has 1 saturated heterocycles. The first-order chi connectivity index (χ1) is 8.93. The van der Waals surface area contributed by atoms with E-state index in [0.29, 0.717) is 6.04 Å². The zero-order valence-corrected chi connectivity index (χ0v) is 10.2. The Morgan fingerprint density at radius 1 is 1.33 bits per heavy atom. The number of hydrogen-bond acceptors (Lipinski definition) is 2. The van der Waals surface area contributed by atoms with Crippen molar-refractivity contribution >= 4 is 21.9 Å². The van der Waals surface area contributed by atoms with Crippen molar-refractivity contribution in [1.82, 2.24) is 19.9 Å². The Hall–Kier alpha value is -1.81. The summed E-state index contributed by atoms with van der Waals surface area (Å²) in [5, 5.41) is 5.94. The van der Waals surface area contributed by atoms with E-state index in [4.69, 9.17) is 0 Å². The lowest BCUT2D eigenvalue weighted by Gasteiger charge is -2.25. The summed E-state index contributed by atoms with van der Waals surface area (Å²) >= 11 is 0. The number of piperidine rings is 1. The average Bonchev–Trinajstić information content (AvgIpc) is 3.05. The number of pyridine rings is 1. The van der Waals surface area contributed by atoms with Gasteiger partial charge in [0.1, 0.15) is 5.65 Å². The fourth-order valence-electron chi connectivity index (χ4n) is 3.03. The van der Waals surface area contributed by atoms with Gasteiger partial charge in [-0.1, -0.05) is 0 Å². The number of nitrogens with one attached hydrogen (secondary N) is 2. The standard InChI is InChI=1S/C14H16N4/c1-2-11(9-15-5-1)18-7-4-10-8-17-14-12(13(10)18)3-6-16-14/h3-4,6-8,11,15H,1-2,5,9H2,(H,16,17). The molecule has 0 saturated carbocycles. The topological polar surface area (TPSA) is 45.6 Å². The van der Waals surface area contributed by atoms with Gasteiger partial charge in [-0.3, -0.25) is 0 Å². The Morgan fingerprint density at radius 2 is 2.33 bits per heavy atom. The van der Waals surface area contributed by atoms with Gasteiger partial charge in [0.15, 0.2) is 0 Å². The van der Waals surface area contributed by atoms with Crippen molar-refractivity contribution in [3.63, 3.8) is 0 Å². The molecule has 0 radical (unpaired) electrons. The second kappa shape index (κ2) is 3.85. The Morgan fingerprint density at radius 3 is 3.22 bits per heavy atom. The van der Waals surface area contributed by atoms with Crippen molar-refractivity contribution in [2.24, 2.45) is 0 Å². The van der Waals surface area contributed by atoms with Crippen LogP contribution in [-0.4, -0.2) is 27.6 Å². The first-order valence-corrected chi connectivity index (χ1v) is 6.57.